The first-order chi connectivity index (χ1) is 12.8. The van der Waals surface area contributed by atoms with Crippen molar-refractivity contribution in [3.05, 3.63) is 42.1 Å². The van der Waals surface area contributed by atoms with Crippen LogP contribution in [0, 0.1) is 0 Å². The highest BCUT2D eigenvalue weighted by Gasteiger charge is 2.19. The van der Waals surface area contributed by atoms with E-state index in [0.717, 1.165) is 23.2 Å². The summed E-state index contributed by atoms with van der Waals surface area (Å²) in [6, 6.07) is 7.53. The van der Waals surface area contributed by atoms with Crippen molar-refractivity contribution in [2.75, 3.05) is 34.4 Å². The Bertz CT molecular complexity index is 732. The highest BCUT2D eigenvalue weighted by molar-refractivity contribution is 5.79. The normalized spacial score (nSPS) is 12.0. The minimum absolute atomic E-state index is 0.0531. The first-order valence-corrected chi connectivity index (χ1v) is 8.97. The van der Waals surface area contributed by atoms with Crippen molar-refractivity contribution < 1.29 is 13.9 Å². The number of hydrogen-bond acceptors (Lipinski definition) is 5. The Hall–Kier alpha value is -2.70. The molecule has 0 spiro atoms. The van der Waals surface area contributed by atoms with Crippen LogP contribution in [0.4, 0.5) is 0 Å². The molecule has 27 heavy (non-hydrogen) atoms. The number of benzene rings is 1. The van der Waals surface area contributed by atoms with Gasteiger partial charge >= 0.3 is 0 Å². The zero-order valence-electron chi connectivity index (χ0n) is 17.1. The Kier molecular flexibility index (Phi) is 7.10. The molecule has 2 rings (SSSR count). The van der Waals surface area contributed by atoms with Crippen molar-refractivity contribution in [2.24, 2.45) is 4.99 Å². The number of likely N-dealkylation sites (N-methyl/N-ethyl adjacent to an activating group) is 1. The lowest BCUT2D eigenvalue weighted by Crippen LogP contribution is -2.40. The van der Waals surface area contributed by atoms with Crippen LogP contribution >= 0.6 is 0 Å². The summed E-state index contributed by atoms with van der Waals surface area (Å²) >= 11 is 0. The third-order valence-electron chi connectivity index (χ3n) is 4.02. The van der Waals surface area contributed by atoms with Gasteiger partial charge in [0.05, 0.1) is 26.4 Å². The summed E-state index contributed by atoms with van der Waals surface area (Å²) < 4.78 is 16.7. The van der Waals surface area contributed by atoms with Gasteiger partial charge in [-0.15, -0.1) is 0 Å². The quantitative estimate of drug-likeness (QED) is 0.593. The first kappa shape index (κ1) is 20.6. The van der Waals surface area contributed by atoms with Gasteiger partial charge in [0.15, 0.2) is 5.96 Å². The minimum Gasteiger partial charge on any atom is -0.497 e. The third kappa shape index (κ3) is 6.20. The van der Waals surface area contributed by atoms with Crippen molar-refractivity contribution in [1.29, 1.82) is 0 Å². The van der Waals surface area contributed by atoms with Gasteiger partial charge in [0.1, 0.15) is 23.9 Å². The average Bonchev–Trinajstić information content (AvgIpc) is 3.12. The van der Waals surface area contributed by atoms with Crippen molar-refractivity contribution in [3.8, 4) is 11.5 Å². The van der Waals surface area contributed by atoms with Crippen LogP contribution in [-0.4, -0.2) is 50.2 Å². The highest BCUT2D eigenvalue weighted by atomic mass is 16.5. The van der Waals surface area contributed by atoms with Crippen LogP contribution in [0.15, 0.2) is 39.9 Å². The number of oxazole rings is 1. The van der Waals surface area contributed by atoms with E-state index in [4.69, 9.17) is 13.9 Å². The van der Waals surface area contributed by atoms with Crippen LogP contribution in [0.25, 0.3) is 0 Å². The van der Waals surface area contributed by atoms with Crippen molar-refractivity contribution in [3.63, 3.8) is 0 Å². The van der Waals surface area contributed by atoms with E-state index in [2.05, 4.69) is 36.1 Å². The van der Waals surface area contributed by atoms with Crippen molar-refractivity contribution >= 4 is 5.96 Å². The molecule has 0 unspecified atom stereocenters. The number of guanidine groups is 1. The molecule has 1 aromatic carbocycles. The maximum absolute atomic E-state index is 5.80. The molecule has 7 nitrogen and oxygen atoms in total. The molecule has 1 heterocycles. The van der Waals surface area contributed by atoms with Crippen LogP contribution in [0.1, 0.15) is 32.4 Å². The van der Waals surface area contributed by atoms with Gasteiger partial charge in [0.25, 0.3) is 0 Å². The number of methoxy groups -OCH3 is 1. The number of hydrogen-bond donors (Lipinski definition) is 1. The fraction of sp³-hybridized carbons (Fsp3) is 0.500. The number of aromatic nitrogens is 1. The van der Waals surface area contributed by atoms with Crippen LogP contribution in [0.5, 0.6) is 11.5 Å². The zero-order valence-corrected chi connectivity index (χ0v) is 17.1. The first-order valence-electron chi connectivity index (χ1n) is 8.97. The fourth-order valence-corrected chi connectivity index (χ4v) is 2.36. The molecule has 148 valence electrons. The molecule has 0 bridgehead atoms. The monoisotopic (exact) mass is 374 g/mol. The molecular formula is C20H30N4O3. The Labute approximate surface area is 161 Å². The Morgan fingerprint density at radius 2 is 1.89 bits per heavy atom. The van der Waals surface area contributed by atoms with Crippen LogP contribution in [0.2, 0.25) is 0 Å². The largest absolute Gasteiger partial charge is 0.497 e. The molecular weight excluding hydrogens is 344 g/mol. The van der Waals surface area contributed by atoms with E-state index in [1.54, 1.807) is 20.4 Å². The SMILES string of the molecule is CN=C(NCc1ncc(C(C)(C)C)o1)N(C)CCOc1ccc(OC)cc1. The smallest absolute Gasteiger partial charge is 0.213 e. The third-order valence-corrected chi connectivity index (χ3v) is 4.02. The molecule has 0 saturated heterocycles. The number of nitrogens with zero attached hydrogens (tertiary/aromatic N) is 3. The molecule has 0 aliphatic carbocycles. The van der Waals surface area contributed by atoms with E-state index >= 15 is 0 Å². The Morgan fingerprint density at radius 3 is 2.44 bits per heavy atom. The number of aliphatic imine (C=N–C) groups is 1. The van der Waals surface area contributed by atoms with Gasteiger partial charge < -0.3 is 24.1 Å². The maximum atomic E-state index is 5.80. The second-order valence-electron chi connectivity index (χ2n) is 7.21. The van der Waals surface area contributed by atoms with Gasteiger partial charge in [-0.1, -0.05) is 20.8 Å². The van der Waals surface area contributed by atoms with Gasteiger partial charge in [-0.05, 0) is 24.3 Å². The standard InChI is InChI=1S/C20H30N4O3/c1-20(2,3)17-13-22-18(27-17)14-23-19(21-4)24(5)11-12-26-16-9-7-15(25-6)8-10-16/h7-10,13H,11-12,14H2,1-6H3,(H,21,23). The molecule has 0 amide bonds. The predicted molar refractivity (Wildman–Crippen MR) is 107 cm³/mol. The van der Waals surface area contributed by atoms with Crippen molar-refractivity contribution in [2.45, 2.75) is 32.7 Å². The summed E-state index contributed by atoms with van der Waals surface area (Å²) in [6.07, 6.45) is 1.78. The minimum atomic E-state index is -0.0531. The molecule has 0 saturated carbocycles. The zero-order chi connectivity index (χ0) is 19.9. The lowest BCUT2D eigenvalue weighted by molar-refractivity contribution is 0.280. The second-order valence-corrected chi connectivity index (χ2v) is 7.21. The molecule has 7 heteroatoms. The van der Waals surface area contributed by atoms with E-state index in [9.17, 15) is 0 Å². The molecule has 0 aliphatic rings. The summed E-state index contributed by atoms with van der Waals surface area (Å²) in [5.74, 6) is 3.88. The Balaban J connectivity index is 1.79. The summed E-state index contributed by atoms with van der Waals surface area (Å²) in [5.41, 5.74) is -0.0531. The van der Waals surface area contributed by atoms with E-state index in [0.29, 0.717) is 25.6 Å². The van der Waals surface area contributed by atoms with E-state index in [-0.39, 0.29) is 5.41 Å². The van der Waals surface area contributed by atoms with Gasteiger partial charge in [-0.2, -0.15) is 0 Å². The lowest BCUT2D eigenvalue weighted by Gasteiger charge is -2.21. The van der Waals surface area contributed by atoms with Gasteiger partial charge in [0, 0.05) is 19.5 Å². The average molecular weight is 374 g/mol. The number of rotatable bonds is 7. The van der Waals surface area contributed by atoms with Crippen LogP contribution < -0.4 is 14.8 Å². The van der Waals surface area contributed by atoms with Gasteiger partial charge in [0.2, 0.25) is 5.89 Å². The number of nitrogens with one attached hydrogen (secondary N) is 1. The van der Waals surface area contributed by atoms with Gasteiger partial charge in [-0.3, -0.25) is 4.99 Å². The molecule has 1 N–H and O–H groups in total. The van der Waals surface area contributed by atoms with E-state index in [1.807, 2.05) is 36.2 Å². The second kappa shape index (κ2) is 9.30. The maximum Gasteiger partial charge on any atom is 0.213 e. The van der Waals surface area contributed by atoms with Crippen LogP contribution in [0.3, 0.4) is 0 Å². The number of ether oxygens (including phenoxy) is 2. The molecule has 0 atom stereocenters. The fourth-order valence-electron chi connectivity index (χ4n) is 2.36. The molecule has 1 aromatic heterocycles. The van der Waals surface area contributed by atoms with Crippen LogP contribution in [-0.2, 0) is 12.0 Å². The summed E-state index contributed by atoms with van der Waals surface area (Å²) in [4.78, 5) is 10.6. The predicted octanol–water partition coefficient (Wildman–Crippen LogP) is 3.07. The molecule has 0 aliphatic heterocycles. The summed E-state index contributed by atoms with van der Waals surface area (Å²) in [5, 5.41) is 3.26. The summed E-state index contributed by atoms with van der Waals surface area (Å²) in [7, 11) is 5.35. The van der Waals surface area contributed by atoms with Gasteiger partial charge in [-0.25, -0.2) is 4.98 Å². The molecule has 0 radical (unpaired) electrons. The topological polar surface area (TPSA) is 72.1 Å². The summed E-state index contributed by atoms with van der Waals surface area (Å²) in [6.45, 7) is 7.99. The van der Waals surface area contributed by atoms with E-state index in [1.165, 1.54) is 0 Å². The Morgan fingerprint density at radius 1 is 1.22 bits per heavy atom. The highest BCUT2D eigenvalue weighted by Crippen LogP contribution is 2.22. The molecule has 0 fully saturated rings. The van der Waals surface area contributed by atoms with Crippen molar-refractivity contribution in [1.82, 2.24) is 15.2 Å². The lowest BCUT2D eigenvalue weighted by atomic mass is 9.94. The molecule has 2 aromatic rings. The van der Waals surface area contributed by atoms with E-state index < -0.39 is 0 Å².